The van der Waals surface area contributed by atoms with E-state index in [4.69, 9.17) is 15.2 Å². The van der Waals surface area contributed by atoms with Gasteiger partial charge in [0, 0.05) is 36.0 Å². The highest BCUT2D eigenvalue weighted by Gasteiger charge is 2.63. The largest absolute Gasteiger partial charge is 0.496 e. The molecule has 0 aromatic heterocycles. The zero-order valence-corrected chi connectivity index (χ0v) is 17.1. The van der Waals surface area contributed by atoms with Gasteiger partial charge in [-0.1, -0.05) is 44.9 Å². The average molecular weight is 375 g/mol. The highest BCUT2D eigenvalue weighted by atomic mass is 16.5. The van der Waals surface area contributed by atoms with Gasteiger partial charge in [0.15, 0.2) is 0 Å². The van der Waals surface area contributed by atoms with Crippen LogP contribution in [-0.4, -0.2) is 37.8 Å². The fourth-order valence-electron chi connectivity index (χ4n) is 4.90. The molecule has 1 aromatic carbocycles. The molecule has 5 nitrogen and oxygen atoms in total. The molecular weight excluding hydrogens is 340 g/mol. The number of benzene rings is 1. The van der Waals surface area contributed by atoms with Crippen molar-refractivity contribution in [2.24, 2.45) is 11.1 Å². The van der Waals surface area contributed by atoms with E-state index in [-0.39, 0.29) is 22.8 Å². The van der Waals surface area contributed by atoms with Crippen molar-refractivity contribution in [3.8, 4) is 5.75 Å². The highest BCUT2D eigenvalue weighted by molar-refractivity contribution is 5.89. The maximum atomic E-state index is 13.1. The van der Waals surface area contributed by atoms with Crippen molar-refractivity contribution in [3.05, 3.63) is 29.8 Å². The third kappa shape index (κ3) is 3.25. The molecular formula is C22H34N2O3. The van der Waals surface area contributed by atoms with Crippen LogP contribution in [0.4, 0.5) is 0 Å². The second-order valence-corrected chi connectivity index (χ2v) is 8.71. The molecule has 0 heterocycles. The van der Waals surface area contributed by atoms with Crippen molar-refractivity contribution in [1.82, 2.24) is 5.32 Å². The van der Waals surface area contributed by atoms with E-state index in [1.54, 1.807) is 7.11 Å². The summed E-state index contributed by atoms with van der Waals surface area (Å²) in [7, 11) is 1.71. The fraction of sp³-hybridized carbons (Fsp3) is 0.682. The Morgan fingerprint density at radius 3 is 2.52 bits per heavy atom. The molecule has 0 spiro atoms. The molecule has 2 aliphatic carbocycles. The van der Waals surface area contributed by atoms with Gasteiger partial charge in [-0.05, 0) is 25.8 Å². The first-order valence-electron chi connectivity index (χ1n) is 10.1. The lowest BCUT2D eigenvalue weighted by Crippen LogP contribution is -2.76. The molecule has 2 unspecified atom stereocenters. The van der Waals surface area contributed by atoms with Crippen LogP contribution in [0.1, 0.15) is 58.4 Å². The van der Waals surface area contributed by atoms with E-state index in [0.29, 0.717) is 19.6 Å². The Hall–Kier alpha value is -1.59. The number of methoxy groups -OCH3 is 1. The molecule has 1 aromatic rings. The Balaban J connectivity index is 1.75. The van der Waals surface area contributed by atoms with Crippen LogP contribution in [0, 0.1) is 5.41 Å². The van der Waals surface area contributed by atoms with Crippen LogP contribution in [-0.2, 0) is 14.9 Å². The molecule has 5 heteroatoms. The minimum absolute atomic E-state index is 0.0351. The van der Waals surface area contributed by atoms with Gasteiger partial charge < -0.3 is 20.5 Å². The van der Waals surface area contributed by atoms with E-state index in [0.717, 1.165) is 18.6 Å². The molecule has 1 amide bonds. The summed E-state index contributed by atoms with van der Waals surface area (Å²) in [6.45, 7) is 7.27. The van der Waals surface area contributed by atoms with Crippen LogP contribution in [0.5, 0.6) is 5.75 Å². The number of amides is 1. The predicted molar refractivity (Wildman–Crippen MR) is 107 cm³/mol. The Morgan fingerprint density at radius 1 is 1.26 bits per heavy atom. The SMILES string of the molecule is CCOC1CC(N)(C(=O)NCC2(c3ccccc3OC)CCCC2)C1(C)C. The number of rotatable bonds is 7. The number of carbonyl (C=O) groups is 1. The van der Waals surface area contributed by atoms with Crippen molar-refractivity contribution in [1.29, 1.82) is 0 Å². The van der Waals surface area contributed by atoms with Gasteiger partial charge >= 0.3 is 0 Å². The number of ether oxygens (including phenoxy) is 2. The number of hydrogen-bond donors (Lipinski definition) is 2. The topological polar surface area (TPSA) is 73.6 Å². The lowest BCUT2D eigenvalue weighted by atomic mass is 9.54. The summed E-state index contributed by atoms with van der Waals surface area (Å²) in [6.07, 6.45) is 5.04. The summed E-state index contributed by atoms with van der Waals surface area (Å²) >= 11 is 0. The van der Waals surface area contributed by atoms with Crippen LogP contribution >= 0.6 is 0 Å². The number of nitrogens with two attached hydrogens (primary N) is 1. The highest BCUT2D eigenvalue weighted by Crippen LogP contribution is 2.50. The maximum absolute atomic E-state index is 13.1. The second-order valence-electron chi connectivity index (χ2n) is 8.71. The molecule has 2 atom stereocenters. The van der Waals surface area contributed by atoms with Crippen molar-refractivity contribution >= 4 is 5.91 Å². The first-order valence-corrected chi connectivity index (χ1v) is 10.1. The number of para-hydroxylation sites is 1. The van der Waals surface area contributed by atoms with Crippen LogP contribution in [0.15, 0.2) is 24.3 Å². The zero-order chi connectivity index (χ0) is 19.7. The van der Waals surface area contributed by atoms with Gasteiger partial charge in [0.25, 0.3) is 0 Å². The summed E-state index contributed by atoms with van der Waals surface area (Å²) in [5.74, 6) is 0.834. The fourth-order valence-corrected chi connectivity index (χ4v) is 4.90. The molecule has 0 bridgehead atoms. The molecule has 150 valence electrons. The van der Waals surface area contributed by atoms with E-state index in [2.05, 4.69) is 11.4 Å². The summed E-state index contributed by atoms with van der Waals surface area (Å²) in [6, 6.07) is 8.17. The molecule has 0 aliphatic heterocycles. The van der Waals surface area contributed by atoms with Crippen LogP contribution in [0.25, 0.3) is 0 Å². The molecule has 0 radical (unpaired) electrons. The van der Waals surface area contributed by atoms with E-state index in [9.17, 15) is 4.79 Å². The van der Waals surface area contributed by atoms with Crippen molar-refractivity contribution in [3.63, 3.8) is 0 Å². The lowest BCUT2D eigenvalue weighted by molar-refractivity contribution is -0.170. The van der Waals surface area contributed by atoms with Gasteiger partial charge in [0.05, 0.1) is 13.2 Å². The lowest BCUT2D eigenvalue weighted by Gasteiger charge is -2.57. The molecule has 2 saturated carbocycles. The number of carbonyl (C=O) groups excluding carboxylic acids is 1. The van der Waals surface area contributed by atoms with Crippen LogP contribution in [0.2, 0.25) is 0 Å². The predicted octanol–water partition coefficient (Wildman–Crippen LogP) is 3.16. The summed E-state index contributed by atoms with van der Waals surface area (Å²) in [5, 5.41) is 3.20. The quantitative estimate of drug-likeness (QED) is 0.769. The first-order chi connectivity index (χ1) is 12.8. The molecule has 27 heavy (non-hydrogen) atoms. The molecule has 3 rings (SSSR count). The minimum atomic E-state index is -0.882. The van der Waals surface area contributed by atoms with E-state index in [1.807, 2.05) is 39.0 Å². The van der Waals surface area contributed by atoms with Crippen molar-refractivity contribution in [2.75, 3.05) is 20.3 Å². The molecule has 0 saturated heterocycles. The maximum Gasteiger partial charge on any atom is 0.240 e. The van der Waals surface area contributed by atoms with Crippen LogP contribution < -0.4 is 15.8 Å². The third-order valence-electron chi connectivity index (χ3n) is 7.06. The van der Waals surface area contributed by atoms with Gasteiger partial charge in [-0.2, -0.15) is 0 Å². The monoisotopic (exact) mass is 374 g/mol. The summed E-state index contributed by atoms with van der Waals surface area (Å²) in [4.78, 5) is 13.1. The van der Waals surface area contributed by atoms with Gasteiger partial charge in [-0.25, -0.2) is 0 Å². The smallest absolute Gasteiger partial charge is 0.240 e. The zero-order valence-electron chi connectivity index (χ0n) is 17.1. The Kier molecular flexibility index (Phi) is 5.55. The summed E-state index contributed by atoms with van der Waals surface area (Å²) < 4.78 is 11.4. The Labute approximate surface area is 163 Å². The Bertz CT molecular complexity index is 682. The van der Waals surface area contributed by atoms with E-state index in [1.165, 1.54) is 18.4 Å². The van der Waals surface area contributed by atoms with Gasteiger partial charge in [-0.3, -0.25) is 4.79 Å². The van der Waals surface area contributed by atoms with Gasteiger partial charge in [0.2, 0.25) is 5.91 Å². The molecule has 3 N–H and O–H groups in total. The number of nitrogens with one attached hydrogen (secondary N) is 1. The molecule has 2 fully saturated rings. The first kappa shape index (κ1) is 20.2. The minimum Gasteiger partial charge on any atom is -0.496 e. The molecule has 2 aliphatic rings. The van der Waals surface area contributed by atoms with Gasteiger partial charge in [0.1, 0.15) is 11.3 Å². The summed E-state index contributed by atoms with van der Waals surface area (Å²) in [5.41, 5.74) is 6.41. The van der Waals surface area contributed by atoms with E-state index < -0.39 is 5.54 Å². The second kappa shape index (κ2) is 7.44. The van der Waals surface area contributed by atoms with Crippen molar-refractivity contribution < 1.29 is 14.3 Å². The van der Waals surface area contributed by atoms with E-state index >= 15 is 0 Å². The average Bonchev–Trinajstić information content (AvgIpc) is 3.15. The normalized spacial score (nSPS) is 28.4. The number of hydrogen-bond acceptors (Lipinski definition) is 4. The van der Waals surface area contributed by atoms with Gasteiger partial charge in [-0.15, -0.1) is 0 Å². The van der Waals surface area contributed by atoms with Crippen molar-refractivity contribution in [2.45, 2.75) is 69.9 Å². The Morgan fingerprint density at radius 2 is 1.93 bits per heavy atom. The standard InChI is InChI=1S/C22H34N2O3/c1-5-27-18-14-22(23,20(18,2)3)19(25)24-15-21(12-8-9-13-21)16-10-6-7-11-17(16)26-4/h6-7,10-11,18H,5,8-9,12-15,23H2,1-4H3,(H,24,25). The van der Waals surface area contributed by atoms with Crippen LogP contribution in [0.3, 0.4) is 0 Å². The third-order valence-corrected chi connectivity index (χ3v) is 7.06.